The summed E-state index contributed by atoms with van der Waals surface area (Å²) in [5, 5.41) is 5.25. The standard InChI is InChI=1S/C45H33N/c1-45(2)39-25-15-14-24-36(39)41-34-22-12-13-23-35(34)44-42(43(41)45)37-27-26-30(29-40(37)46(44)33-20-10-5-11-21-33)28-38(31-16-6-3-7-17-31)32-18-8-4-9-19-32/h3-29H,1-2H3. The summed E-state index contributed by atoms with van der Waals surface area (Å²) in [4.78, 5) is 0. The molecule has 0 radical (unpaired) electrons. The molecule has 1 aliphatic rings. The number of nitrogens with zero attached hydrogens (tertiary/aromatic N) is 1. The Morgan fingerprint density at radius 3 is 1.85 bits per heavy atom. The van der Waals surface area contributed by atoms with Crippen LogP contribution in [0.2, 0.25) is 0 Å². The third-order valence-corrected chi connectivity index (χ3v) is 9.93. The van der Waals surface area contributed by atoms with Crippen LogP contribution in [0.1, 0.15) is 41.7 Å². The normalized spacial score (nSPS) is 13.2. The van der Waals surface area contributed by atoms with E-state index in [0.717, 1.165) is 0 Å². The molecule has 0 spiro atoms. The second-order valence-electron chi connectivity index (χ2n) is 12.9. The molecule has 7 aromatic carbocycles. The van der Waals surface area contributed by atoms with Crippen LogP contribution in [0.25, 0.3) is 61.0 Å². The van der Waals surface area contributed by atoms with Crippen LogP contribution in [0.4, 0.5) is 0 Å². The predicted molar refractivity (Wildman–Crippen MR) is 196 cm³/mol. The lowest BCUT2D eigenvalue weighted by molar-refractivity contribution is 0.667. The van der Waals surface area contributed by atoms with Gasteiger partial charge in [-0.3, -0.25) is 0 Å². The molecule has 0 bridgehead atoms. The average Bonchev–Trinajstić information content (AvgIpc) is 3.57. The molecular weight excluding hydrogens is 555 g/mol. The summed E-state index contributed by atoms with van der Waals surface area (Å²) in [7, 11) is 0. The maximum Gasteiger partial charge on any atom is 0.0623 e. The maximum absolute atomic E-state index is 2.51. The van der Waals surface area contributed by atoms with Crippen LogP contribution in [0.15, 0.2) is 158 Å². The van der Waals surface area contributed by atoms with Crippen LogP contribution >= 0.6 is 0 Å². The van der Waals surface area contributed by atoms with Gasteiger partial charge in [-0.05, 0) is 74.2 Å². The summed E-state index contributed by atoms with van der Waals surface area (Å²) in [5.41, 5.74) is 13.9. The summed E-state index contributed by atoms with van der Waals surface area (Å²) in [6.07, 6.45) is 2.35. The van der Waals surface area contributed by atoms with Gasteiger partial charge in [-0.25, -0.2) is 0 Å². The van der Waals surface area contributed by atoms with Gasteiger partial charge in [0.05, 0.1) is 11.0 Å². The van der Waals surface area contributed by atoms with Crippen molar-refractivity contribution in [1.82, 2.24) is 4.57 Å². The van der Waals surface area contributed by atoms with Gasteiger partial charge in [0.25, 0.3) is 0 Å². The maximum atomic E-state index is 2.51. The number of para-hydroxylation sites is 1. The van der Waals surface area contributed by atoms with Crippen molar-refractivity contribution in [2.75, 3.05) is 0 Å². The van der Waals surface area contributed by atoms with E-state index >= 15 is 0 Å². The van der Waals surface area contributed by atoms with Gasteiger partial charge in [0.2, 0.25) is 0 Å². The second kappa shape index (κ2) is 10.2. The lowest BCUT2D eigenvalue weighted by atomic mass is 9.79. The largest absolute Gasteiger partial charge is 0.309 e. The van der Waals surface area contributed by atoms with Crippen LogP contribution < -0.4 is 0 Å². The molecule has 1 heterocycles. The van der Waals surface area contributed by atoms with Gasteiger partial charge in [0.15, 0.2) is 0 Å². The Morgan fingerprint density at radius 2 is 1.15 bits per heavy atom. The van der Waals surface area contributed by atoms with Gasteiger partial charge < -0.3 is 4.57 Å². The molecule has 0 amide bonds. The lowest BCUT2D eigenvalue weighted by Gasteiger charge is -2.23. The summed E-state index contributed by atoms with van der Waals surface area (Å²) < 4.78 is 2.51. The van der Waals surface area contributed by atoms with E-state index in [1.807, 2.05) is 0 Å². The summed E-state index contributed by atoms with van der Waals surface area (Å²) >= 11 is 0. The van der Waals surface area contributed by atoms with Gasteiger partial charge >= 0.3 is 0 Å². The molecule has 0 fully saturated rings. The van der Waals surface area contributed by atoms with Gasteiger partial charge in [-0.15, -0.1) is 0 Å². The Hall–Kier alpha value is -5.66. The summed E-state index contributed by atoms with van der Waals surface area (Å²) in [6, 6.07) is 57.4. The van der Waals surface area contributed by atoms with E-state index in [1.165, 1.54) is 82.8 Å². The number of fused-ring (bicyclic) bond motifs is 10. The first kappa shape index (κ1) is 26.7. The number of aromatic nitrogens is 1. The van der Waals surface area contributed by atoms with Gasteiger partial charge in [0.1, 0.15) is 0 Å². The molecule has 0 N–H and O–H groups in total. The van der Waals surface area contributed by atoms with Gasteiger partial charge in [0, 0.05) is 27.3 Å². The van der Waals surface area contributed by atoms with Gasteiger partial charge in [-0.2, -0.15) is 0 Å². The van der Waals surface area contributed by atoms with Crippen LogP contribution in [-0.2, 0) is 5.41 Å². The molecular formula is C45H33N. The highest BCUT2D eigenvalue weighted by Crippen LogP contribution is 2.56. The molecule has 1 aromatic heterocycles. The lowest BCUT2D eigenvalue weighted by Crippen LogP contribution is -2.15. The van der Waals surface area contributed by atoms with E-state index in [-0.39, 0.29) is 5.41 Å². The monoisotopic (exact) mass is 587 g/mol. The van der Waals surface area contributed by atoms with Crippen molar-refractivity contribution in [2.45, 2.75) is 19.3 Å². The number of benzene rings is 7. The van der Waals surface area contributed by atoms with Crippen LogP contribution in [0.5, 0.6) is 0 Å². The first-order valence-electron chi connectivity index (χ1n) is 16.1. The Balaban J connectivity index is 1.43. The third-order valence-electron chi connectivity index (χ3n) is 9.93. The fourth-order valence-electron chi connectivity index (χ4n) is 7.94. The number of hydrogen-bond donors (Lipinski definition) is 0. The minimum atomic E-state index is -0.142. The zero-order chi connectivity index (χ0) is 30.8. The summed E-state index contributed by atoms with van der Waals surface area (Å²) in [5.74, 6) is 0. The predicted octanol–water partition coefficient (Wildman–Crippen LogP) is 11.8. The molecule has 0 saturated carbocycles. The van der Waals surface area contributed by atoms with Crippen LogP contribution in [0.3, 0.4) is 0 Å². The highest BCUT2D eigenvalue weighted by Gasteiger charge is 2.39. The molecule has 9 rings (SSSR count). The highest BCUT2D eigenvalue weighted by molar-refractivity contribution is 6.25. The molecule has 1 aliphatic carbocycles. The molecule has 1 nitrogen and oxygen atoms in total. The van der Waals surface area contributed by atoms with Crippen molar-refractivity contribution in [2.24, 2.45) is 0 Å². The first-order valence-corrected chi connectivity index (χ1v) is 16.1. The molecule has 0 unspecified atom stereocenters. The van der Waals surface area contributed by atoms with E-state index in [0.29, 0.717) is 0 Å². The van der Waals surface area contributed by atoms with Crippen LogP contribution in [0, 0.1) is 0 Å². The van der Waals surface area contributed by atoms with Crippen molar-refractivity contribution in [1.29, 1.82) is 0 Å². The van der Waals surface area contributed by atoms with Crippen molar-refractivity contribution < 1.29 is 0 Å². The SMILES string of the molecule is CC1(C)c2ccccc2-c2c1c1c3ccc(C=C(c4ccccc4)c4ccccc4)cc3n(-c3ccccc3)c1c1ccccc21. The quantitative estimate of drug-likeness (QED) is 0.181. The van der Waals surface area contributed by atoms with Crippen molar-refractivity contribution in [3.05, 3.63) is 186 Å². The summed E-state index contributed by atoms with van der Waals surface area (Å²) in [6.45, 7) is 4.81. The van der Waals surface area contributed by atoms with Crippen molar-refractivity contribution in [3.63, 3.8) is 0 Å². The molecule has 46 heavy (non-hydrogen) atoms. The number of hydrogen-bond acceptors (Lipinski definition) is 0. The first-order chi connectivity index (χ1) is 22.6. The smallest absolute Gasteiger partial charge is 0.0623 e. The molecule has 0 atom stereocenters. The minimum Gasteiger partial charge on any atom is -0.309 e. The van der Waals surface area contributed by atoms with Crippen molar-refractivity contribution in [3.8, 4) is 16.8 Å². The Morgan fingerprint density at radius 1 is 0.565 bits per heavy atom. The Kier molecular flexibility index (Phi) is 5.92. The molecule has 0 aliphatic heterocycles. The van der Waals surface area contributed by atoms with E-state index in [9.17, 15) is 0 Å². The van der Waals surface area contributed by atoms with E-state index in [1.54, 1.807) is 0 Å². The average molecular weight is 588 g/mol. The highest BCUT2D eigenvalue weighted by atomic mass is 15.0. The molecule has 1 heteroatoms. The van der Waals surface area contributed by atoms with Gasteiger partial charge in [-0.1, -0.05) is 153 Å². The number of rotatable bonds is 4. The van der Waals surface area contributed by atoms with E-state index in [2.05, 4.69) is 182 Å². The zero-order valence-corrected chi connectivity index (χ0v) is 26.0. The fraction of sp³-hybridized carbons (Fsp3) is 0.0667. The third kappa shape index (κ3) is 3.88. The second-order valence-corrected chi connectivity index (χ2v) is 12.9. The minimum absolute atomic E-state index is 0.142. The fourth-order valence-corrected chi connectivity index (χ4v) is 7.94. The zero-order valence-electron chi connectivity index (χ0n) is 26.0. The van der Waals surface area contributed by atoms with E-state index < -0.39 is 0 Å². The van der Waals surface area contributed by atoms with E-state index in [4.69, 9.17) is 0 Å². The van der Waals surface area contributed by atoms with Crippen molar-refractivity contribution >= 4 is 44.2 Å². The Labute approximate surface area is 269 Å². The van der Waals surface area contributed by atoms with Crippen LogP contribution in [-0.4, -0.2) is 4.57 Å². The molecule has 218 valence electrons. The topological polar surface area (TPSA) is 4.93 Å². The molecule has 0 saturated heterocycles. The Bertz CT molecular complexity index is 2420. The molecule has 8 aromatic rings.